The van der Waals surface area contributed by atoms with Gasteiger partial charge in [0.05, 0.1) is 12.3 Å². The van der Waals surface area contributed by atoms with Gasteiger partial charge in [-0.05, 0) is 5.56 Å². The molecule has 1 unspecified atom stereocenters. The highest BCUT2D eigenvalue weighted by Gasteiger charge is 2.26. The van der Waals surface area contributed by atoms with Crippen LogP contribution >= 0.6 is 0 Å². The number of aliphatic imine (C=N–C) groups is 2. The van der Waals surface area contributed by atoms with Crippen LogP contribution in [0.2, 0.25) is 0 Å². The van der Waals surface area contributed by atoms with Gasteiger partial charge in [0, 0.05) is 19.3 Å². The summed E-state index contributed by atoms with van der Waals surface area (Å²) in [6.45, 7) is 2.70. The van der Waals surface area contributed by atoms with Gasteiger partial charge >= 0.3 is 0 Å². The molecular weight excluding hydrogens is 186 g/mol. The Labute approximate surface area is 89.2 Å². The van der Waals surface area contributed by atoms with E-state index in [-0.39, 0.29) is 0 Å². The molecule has 3 rings (SSSR count). The lowest BCUT2D eigenvalue weighted by atomic mass is 10.1. The first kappa shape index (κ1) is 8.80. The minimum Gasteiger partial charge on any atom is -0.284 e. The van der Waals surface area contributed by atoms with Gasteiger partial charge in [-0.3, -0.25) is 14.9 Å². The maximum absolute atomic E-state index is 4.60. The molecule has 0 aliphatic carbocycles. The summed E-state index contributed by atoms with van der Waals surface area (Å²) in [7, 11) is 0. The lowest BCUT2D eigenvalue weighted by Crippen LogP contribution is -2.41. The van der Waals surface area contributed by atoms with Gasteiger partial charge in [-0.1, -0.05) is 30.3 Å². The third kappa shape index (κ3) is 1.59. The van der Waals surface area contributed by atoms with Crippen molar-refractivity contribution >= 4 is 11.9 Å². The van der Waals surface area contributed by atoms with Gasteiger partial charge in [-0.15, -0.1) is 0 Å². The summed E-state index contributed by atoms with van der Waals surface area (Å²) in [6, 6.07) is 10.4. The standard InChI is InChI=1S/C12H13N3/c1-2-4-10(5-3-1)11-9-15-7-6-13-12(15)8-14-11/h1-6,12H,7-9H2. The topological polar surface area (TPSA) is 28.0 Å². The van der Waals surface area contributed by atoms with E-state index >= 15 is 0 Å². The van der Waals surface area contributed by atoms with Gasteiger partial charge in [0.15, 0.2) is 0 Å². The van der Waals surface area contributed by atoms with E-state index in [1.165, 1.54) is 11.3 Å². The molecule has 3 nitrogen and oxygen atoms in total. The fourth-order valence-electron chi connectivity index (χ4n) is 2.07. The molecule has 2 aliphatic rings. The van der Waals surface area contributed by atoms with Gasteiger partial charge in [0.1, 0.15) is 6.17 Å². The first-order chi connectivity index (χ1) is 7.43. The fourth-order valence-corrected chi connectivity index (χ4v) is 2.07. The van der Waals surface area contributed by atoms with Crippen LogP contribution in [0.3, 0.4) is 0 Å². The highest BCUT2D eigenvalue weighted by atomic mass is 15.3. The minimum atomic E-state index is 0.303. The molecule has 1 atom stereocenters. The van der Waals surface area contributed by atoms with Crippen LogP contribution in [0.25, 0.3) is 0 Å². The Hall–Kier alpha value is -1.48. The summed E-state index contributed by atoms with van der Waals surface area (Å²) in [5.74, 6) is 0. The van der Waals surface area contributed by atoms with Gasteiger partial charge in [-0.25, -0.2) is 0 Å². The van der Waals surface area contributed by atoms with E-state index in [1.54, 1.807) is 0 Å². The number of hydrogen-bond acceptors (Lipinski definition) is 3. The van der Waals surface area contributed by atoms with Crippen molar-refractivity contribution in [3.8, 4) is 0 Å². The summed E-state index contributed by atoms with van der Waals surface area (Å²) in [6.07, 6.45) is 2.30. The average Bonchev–Trinajstić information content (AvgIpc) is 2.77. The molecule has 15 heavy (non-hydrogen) atoms. The molecule has 0 saturated heterocycles. The van der Waals surface area contributed by atoms with Crippen LogP contribution in [0.15, 0.2) is 40.3 Å². The zero-order chi connectivity index (χ0) is 10.1. The second-order valence-corrected chi connectivity index (χ2v) is 3.90. The predicted molar refractivity (Wildman–Crippen MR) is 61.7 cm³/mol. The highest BCUT2D eigenvalue weighted by molar-refractivity contribution is 6.02. The first-order valence-corrected chi connectivity index (χ1v) is 5.28. The van der Waals surface area contributed by atoms with Crippen LogP contribution < -0.4 is 0 Å². The lowest BCUT2D eigenvalue weighted by Gasteiger charge is -2.27. The van der Waals surface area contributed by atoms with Crippen molar-refractivity contribution < 1.29 is 0 Å². The number of hydrogen-bond donors (Lipinski definition) is 0. The van der Waals surface area contributed by atoms with Crippen LogP contribution in [0.1, 0.15) is 5.56 Å². The number of benzene rings is 1. The molecule has 0 amide bonds. The molecule has 0 radical (unpaired) electrons. The zero-order valence-corrected chi connectivity index (χ0v) is 8.50. The van der Waals surface area contributed by atoms with E-state index in [0.29, 0.717) is 6.17 Å². The Balaban J connectivity index is 1.85. The van der Waals surface area contributed by atoms with Crippen molar-refractivity contribution in [2.75, 3.05) is 19.6 Å². The maximum Gasteiger partial charge on any atom is 0.122 e. The first-order valence-electron chi connectivity index (χ1n) is 5.28. The second kappa shape index (κ2) is 3.59. The Morgan fingerprint density at radius 1 is 1.20 bits per heavy atom. The van der Waals surface area contributed by atoms with Gasteiger partial charge in [-0.2, -0.15) is 0 Å². The predicted octanol–water partition coefficient (Wildman–Crippen LogP) is 1.20. The minimum absolute atomic E-state index is 0.303. The van der Waals surface area contributed by atoms with E-state index in [9.17, 15) is 0 Å². The van der Waals surface area contributed by atoms with Crippen LogP contribution in [0, 0.1) is 0 Å². The van der Waals surface area contributed by atoms with Crippen LogP contribution in [-0.2, 0) is 0 Å². The summed E-state index contributed by atoms with van der Waals surface area (Å²) in [5, 5.41) is 0. The average molecular weight is 199 g/mol. The molecule has 2 aliphatic heterocycles. The molecule has 0 spiro atoms. The van der Waals surface area contributed by atoms with Crippen molar-refractivity contribution in [2.24, 2.45) is 9.98 Å². The van der Waals surface area contributed by atoms with E-state index in [4.69, 9.17) is 0 Å². The largest absolute Gasteiger partial charge is 0.284 e. The molecular formula is C12H13N3. The third-order valence-electron chi connectivity index (χ3n) is 2.92. The van der Waals surface area contributed by atoms with Crippen LogP contribution in [0.4, 0.5) is 0 Å². The molecule has 0 aromatic heterocycles. The highest BCUT2D eigenvalue weighted by Crippen LogP contribution is 2.15. The normalized spacial score (nSPS) is 25.1. The monoisotopic (exact) mass is 199 g/mol. The van der Waals surface area contributed by atoms with Crippen molar-refractivity contribution in [2.45, 2.75) is 6.17 Å². The number of nitrogens with zero attached hydrogens (tertiary/aromatic N) is 3. The van der Waals surface area contributed by atoms with Crippen molar-refractivity contribution in [3.05, 3.63) is 35.9 Å². The van der Waals surface area contributed by atoms with Crippen molar-refractivity contribution in [1.29, 1.82) is 0 Å². The fraction of sp³-hybridized carbons (Fsp3) is 0.333. The maximum atomic E-state index is 4.60. The Morgan fingerprint density at radius 2 is 2.07 bits per heavy atom. The Morgan fingerprint density at radius 3 is 2.93 bits per heavy atom. The van der Waals surface area contributed by atoms with Gasteiger partial charge in [0.2, 0.25) is 0 Å². The van der Waals surface area contributed by atoms with E-state index in [1.807, 2.05) is 12.3 Å². The lowest BCUT2D eigenvalue weighted by molar-refractivity contribution is 0.280. The summed E-state index contributed by atoms with van der Waals surface area (Å²) in [5.41, 5.74) is 2.43. The Bertz CT molecular complexity index is 408. The SMILES string of the molecule is C1=NC2CN=C(c3ccccc3)CN2C1. The summed E-state index contributed by atoms with van der Waals surface area (Å²) < 4.78 is 0. The molecule has 2 heterocycles. The molecule has 0 saturated carbocycles. The summed E-state index contributed by atoms with van der Waals surface area (Å²) in [4.78, 5) is 11.3. The summed E-state index contributed by atoms with van der Waals surface area (Å²) >= 11 is 0. The third-order valence-corrected chi connectivity index (χ3v) is 2.92. The van der Waals surface area contributed by atoms with Gasteiger partial charge in [0.25, 0.3) is 0 Å². The van der Waals surface area contributed by atoms with E-state index in [2.05, 4.69) is 39.2 Å². The van der Waals surface area contributed by atoms with Gasteiger partial charge < -0.3 is 0 Å². The van der Waals surface area contributed by atoms with E-state index < -0.39 is 0 Å². The molecule has 1 aromatic rings. The van der Waals surface area contributed by atoms with Crippen LogP contribution in [0.5, 0.6) is 0 Å². The zero-order valence-electron chi connectivity index (χ0n) is 8.50. The van der Waals surface area contributed by atoms with Crippen molar-refractivity contribution in [1.82, 2.24) is 4.90 Å². The molecule has 0 N–H and O–H groups in total. The van der Waals surface area contributed by atoms with Crippen LogP contribution in [-0.4, -0.2) is 42.6 Å². The number of rotatable bonds is 1. The molecule has 76 valence electrons. The smallest absolute Gasteiger partial charge is 0.122 e. The molecule has 0 bridgehead atoms. The second-order valence-electron chi connectivity index (χ2n) is 3.90. The Kier molecular flexibility index (Phi) is 2.10. The molecule has 1 aromatic carbocycles. The molecule has 3 heteroatoms. The van der Waals surface area contributed by atoms with Crippen molar-refractivity contribution in [3.63, 3.8) is 0 Å². The quantitative estimate of drug-likeness (QED) is 0.668. The molecule has 0 fully saturated rings. The van der Waals surface area contributed by atoms with E-state index in [0.717, 1.165) is 19.6 Å². The number of fused-ring (bicyclic) bond motifs is 1.